The molecule has 6 aromatic rings. The molecule has 1 spiro atoms. The van der Waals surface area contributed by atoms with Gasteiger partial charge in [0.1, 0.15) is 30.1 Å². The number of hydrogen-bond donors (Lipinski definition) is 8. The molecule has 88 heavy (non-hydrogen) atoms. The van der Waals surface area contributed by atoms with Crippen LogP contribution in [0, 0.1) is 35.5 Å². The quantitative estimate of drug-likeness (QED) is 0.0405. The topological polar surface area (TPSA) is 187 Å². The predicted octanol–water partition coefficient (Wildman–Crippen LogP) is 11.8. The number of hydrogen-bond acceptors (Lipinski definition) is 12. The van der Waals surface area contributed by atoms with Crippen LogP contribution in [0.2, 0.25) is 0 Å². The van der Waals surface area contributed by atoms with Gasteiger partial charge < -0.3 is 59.5 Å². The maximum Gasteiger partial charge on any atom is 0.165 e. The van der Waals surface area contributed by atoms with E-state index >= 15 is 0 Å². The fraction of sp³-hybridized carbons (Fsp3) is 0.493. The molecule has 15 rings (SSSR count). The first-order chi connectivity index (χ1) is 43.0. The number of phenols is 3. The molecule has 0 radical (unpaired) electrons. The van der Waals surface area contributed by atoms with Crippen LogP contribution in [0.1, 0.15) is 163 Å². The smallest absolute Gasteiger partial charge is 0.165 e. The van der Waals surface area contributed by atoms with Crippen molar-refractivity contribution in [3.8, 4) is 34.8 Å². The molecule has 462 valence electrons. The number of nitrogens with zero attached hydrogens (tertiary/aromatic N) is 1. The summed E-state index contributed by atoms with van der Waals surface area (Å²) in [6.07, 6.45) is 22.2. The standard InChI is InChI=1S/C75H87N3O10/c1-85-45-76-69-37-51-20-18-46(16-17-47-19-24-65(82)53(29-47)30-48-10-5-14-60(81)31-48)9-6-15-61-38-66(83)54-32-52(13-8-28-79)70-62(35-54)56(41-80)36-67(84)72(70)87-42-57-34-59(33-55-39-78(40-63(55)57)73(77-69)64(51)44-86-61)75-58-23-21-49-11-7-12-50(71(49)75)22-25-68(75)74(88-43-58)26-3-2-4-27-74/h5,7,10-12,14,19,24,29,31,33-34,36-37,39-40,46,52,54,58,61,66,68-69,76-77,79-84H,2-4,6,8-9,13,15-17,21-23,25-28,30,32,35,38,41-45H2,1H3. The van der Waals surface area contributed by atoms with Crippen LogP contribution in [-0.2, 0) is 64.9 Å². The van der Waals surface area contributed by atoms with Crippen molar-refractivity contribution in [3.05, 3.63) is 170 Å². The predicted molar refractivity (Wildman–Crippen MR) is 340 cm³/mol. The lowest BCUT2D eigenvalue weighted by atomic mass is 9.45. The lowest BCUT2D eigenvalue weighted by Gasteiger charge is -2.63. The second-order valence-corrected chi connectivity index (χ2v) is 27.0. The van der Waals surface area contributed by atoms with Crippen molar-refractivity contribution < 1.29 is 49.6 Å². The number of benzene rings is 5. The molecule has 9 aliphatic rings. The SMILES string of the molecule is COCNC1C=C2C#CC(CCc3ccc(O)c(Cc4cccc(O)c4)c3)CCCC3CC(O)C4Cc5c(CO)cc(O)c(c5C(CCCO)C4)OCc4cc(C56c7c8cccc7CCC5C5(CCCCC5)OCC6CC8)cc5cn(cc45)C(=C2CO3)N1. The van der Waals surface area contributed by atoms with Gasteiger partial charge in [0.2, 0.25) is 0 Å². The molecule has 1 aromatic heterocycles. The van der Waals surface area contributed by atoms with Crippen molar-refractivity contribution in [2.24, 2.45) is 23.7 Å². The molecule has 8 N–H and O–H groups in total. The lowest BCUT2D eigenvalue weighted by Crippen LogP contribution is -2.64. The Hall–Kier alpha value is -6.60. The van der Waals surface area contributed by atoms with E-state index in [9.17, 15) is 30.6 Å². The largest absolute Gasteiger partial charge is 0.508 e. The maximum absolute atomic E-state index is 12.7. The molecule has 6 heterocycles. The molecule has 5 aromatic carbocycles. The van der Waals surface area contributed by atoms with Gasteiger partial charge in [-0.15, -0.1) is 0 Å². The van der Waals surface area contributed by atoms with Crippen molar-refractivity contribution in [3.63, 3.8) is 0 Å². The van der Waals surface area contributed by atoms with E-state index in [4.69, 9.17) is 18.9 Å². The van der Waals surface area contributed by atoms with E-state index < -0.39 is 6.10 Å². The summed E-state index contributed by atoms with van der Waals surface area (Å²) < 4.78 is 29.7. The van der Waals surface area contributed by atoms with Gasteiger partial charge in [0.15, 0.2) is 11.5 Å². The Kier molecular flexibility index (Phi) is 16.8. The Labute approximate surface area is 517 Å². The molecule has 2 fully saturated rings. The molecule has 9 atom stereocenters. The third kappa shape index (κ3) is 11.0. The number of dihydropyridines is 1. The van der Waals surface area contributed by atoms with E-state index in [0.29, 0.717) is 63.0 Å². The first-order valence-electron chi connectivity index (χ1n) is 33.0. The number of aromatic hydroxyl groups is 3. The molecular weight excluding hydrogens is 1100 g/mol. The van der Waals surface area contributed by atoms with Gasteiger partial charge in [0, 0.05) is 77.3 Å². The first-order valence-corrected chi connectivity index (χ1v) is 33.0. The number of fused-ring (bicyclic) bond motifs is 4. The van der Waals surface area contributed by atoms with Gasteiger partial charge in [0.05, 0.1) is 44.4 Å². The lowest BCUT2D eigenvalue weighted by molar-refractivity contribution is -0.193. The molecule has 1 saturated carbocycles. The third-order valence-corrected chi connectivity index (χ3v) is 21.9. The maximum atomic E-state index is 12.7. The zero-order valence-corrected chi connectivity index (χ0v) is 51.0. The van der Waals surface area contributed by atoms with Gasteiger partial charge >= 0.3 is 0 Å². The Morgan fingerprint density at radius 2 is 1.67 bits per heavy atom. The van der Waals surface area contributed by atoms with Crippen LogP contribution < -0.4 is 15.4 Å². The van der Waals surface area contributed by atoms with Crippen LogP contribution >= 0.6 is 0 Å². The summed E-state index contributed by atoms with van der Waals surface area (Å²) in [5.74, 6) is 9.48. The Balaban J connectivity index is 0.934. The minimum Gasteiger partial charge on any atom is -0.508 e. The van der Waals surface area contributed by atoms with E-state index in [1.807, 2.05) is 18.2 Å². The molecule has 8 bridgehead atoms. The van der Waals surface area contributed by atoms with E-state index in [1.165, 1.54) is 41.5 Å². The minimum absolute atomic E-state index is 0.00683. The Bertz CT molecular complexity index is 3700. The summed E-state index contributed by atoms with van der Waals surface area (Å²) in [7, 11) is 1.69. The number of rotatable bonds is 13. The highest BCUT2D eigenvalue weighted by molar-refractivity contribution is 5.89. The Morgan fingerprint density at radius 1 is 0.818 bits per heavy atom. The summed E-state index contributed by atoms with van der Waals surface area (Å²) in [4.78, 5) is 0. The minimum atomic E-state index is -0.750. The van der Waals surface area contributed by atoms with Crippen LogP contribution in [0.5, 0.6) is 23.0 Å². The fourth-order valence-electron chi connectivity index (χ4n) is 17.9. The highest BCUT2D eigenvalue weighted by Crippen LogP contribution is 2.64. The van der Waals surface area contributed by atoms with Crippen LogP contribution in [0.25, 0.3) is 16.6 Å². The monoisotopic (exact) mass is 1190 g/mol. The number of aryl methyl sites for hydroxylation is 3. The van der Waals surface area contributed by atoms with Crippen molar-refractivity contribution in [1.29, 1.82) is 0 Å². The molecule has 5 aliphatic heterocycles. The highest BCUT2D eigenvalue weighted by Gasteiger charge is 2.63. The van der Waals surface area contributed by atoms with Crippen LogP contribution in [-0.4, -0.2) is 92.8 Å². The van der Waals surface area contributed by atoms with Crippen molar-refractivity contribution in [2.75, 3.05) is 33.7 Å². The van der Waals surface area contributed by atoms with Gasteiger partial charge in [-0.05, 0) is 213 Å². The number of ether oxygens (including phenoxy) is 4. The summed E-state index contributed by atoms with van der Waals surface area (Å²) in [5.41, 5.74) is 13.3. The van der Waals surface area contributed by atoms with Crippen molar-refractivity contribution in [1.82, 2.24) is 15.2 Å². The summed E-state index contributed by atoms with van der Waals surface area (Å²) in [5, 5.41) is 77.2. The van der Waals surface area contributed by atoms with Crippen molar-refractivity contribution >= 4 is 16.6 Å². The van der Waals surface area contributed by atoms with Crippen LogP contribution in [0.15, 0.2) is 108 Å². The summed E-state index contributed by atoms with van der Waals surface area (Å²) >= 11 is 0. The molecular formula is C75H87N3O10. The summed E-state index contributed by atoms with van der Waals surface area (Å²) in [6.45, 7) is 1.16. The molecule has 9 unspecified atom stereocenters. The summed E-state index contributed by atoms with van der Waals surface area (Å²) in [6, 6.07) is 26.8. The van der Waals surface area contributed by atoms with Gasteiger partial charge in [-0.25, -0.2) is 0 Å². The van der Waals surface area contributed by atoms with E-state index in [1.54, 1.807) is 31.4 Å². The zero-order valence-electron chi connectivity index (χ0n) is 51.0. The Morgan fingerprint density at radius 3 is 2.50 bits per heavy atom. The normalized spacial score (nSPS) is 27.1. The van der Waals surface area contributed by atoms with E-state index in [2.05, 4.69) is 81.9 Å². The van der Waals surface area contributed by atoms with Gasteiger partial charge in [-0.3, -0.25) is 5.32 Å². The van der Waals surface area contributed by atoms with Gasteiger partial charge in [0.25, 0.3) is 0 Å². The first kappa shape index (κ1) is 59.0. The second-order valence-electron chi connectivity index (χ2n) is 27.0. The molecule has 4 aliphatic carbocycles. The molecule has 1 saturated heterocycles. The molecule has 13 heteroatoms. The van der Waals surface area contributed by atoms with Crippen molar-refractivity contribution in [2.45, 2.75) is 177 Å². The van der Waals surface area contributed by atoms with Gasteiger partial charge in [-0.2, -0.15) is 0 Å². The number of aromatic nitrogens is 1. The average molecular weight is 1190 g/mol. The molecule has 0 amide bonds. The van der Waals surface area contributed by atoms with Gasteiger partial charge in [-0.1, -0.05) is 79.6 Å². The van der Waals surface area contributed by atoms with Crippen LogP contribution in [0.3, 0.4) is 0 Å². The van der Waals surface area contributed by atoms with E-state index in [0.717, 1.165) is 132 Å². The number of methoxy groups -OCH3 is 1. The number of aliphatic hydroxyl groups is 3. The number of aliphatic hydroxyl groups excluding tert-OH is 3. The van der Waals surface area contributed by atoms with Crippen LogP contribution in [0.4, 0.5) is 0 Å². The second kappa shape index (κ2) is 25.0. The van der Waals surface area contributed by atoms with E-state index in [-0.39, 0.29) is 96.6 Å². The number of phenolic OH excluding ortho intramolecular Hbond substituents is 3. The average Bonchev–Trinajstić information content (AvgIpc) is 0.750. The third-order valence-electron chi connectivity index (χ3n) is 21.9. The molecule has 13 nitrogen and oxygen atoms in total. The highest BCUT2D eigenvalue weighted by atomic mass is 16.5. The zero-order chi connectivity index (χ0) is 60.1. The number of nitrogens with one attached hydrogen (secondary N) is 2. The fourth-order valence-corrected chi connectivity index (χ4v) is 17.9.